The van der Waals surface area contributed by atoms with Gasteiger partial charge in [-0.05, 0) is 39.7 Å². The first-order valence-corrected chi connectivity index (χ1v) is 10.8. The third-order valence-electron chi connectivity index (χ3n) is 6.19. The van der Waals surface area contributed by atoms with Crippen molar-refractivity contribution in [2.24, 2.45) is 5.92 Å². The fraction of sp³-hybridized carbons (Fsp3) is 0.619. The molecule has 162 valence electrons. The van der Waals surface area contributed by atoms with Crippen LogP contribution in [0.2, 0.25) is 0 Å². The lowest BCUT2D eigenvalue weighted by Gasteiger charge is -2.27. The zero-order valence-corrected chi connectivity index (χ0v) is 17.8. The first-order valence-electron chi connectivity index (χ1n) is 10.8. The Balaban J connectivity index is 1.50. The smallest absolute Gasteiger partial charge is 0.308 e. The predicted octanol–water partition coefficient (Wildman–Crippen LogP) is 2.01. The standard InChI is InChI=1S/C21H31N7O2/c1-3-30-20(29)14-5-4-6-17(9-14)28-12-15(11-24-28)18-10-19(26-21(22)25-18)27-8-7-16(13-27)23-2/h10-12,14,16-17,23H,3-9,13H2,1-2H3,(H2,22,25,26)/t14?,16-,17?/m1/s1. The molecule has 9 heteroatoms. The number of hydrogen-bond donors (Lipinski definition) is 2. The Labute approximate surface area is 177 Å². The molecule has 1 saturated heterocycles. The number of hydrogen-bond acceptors (Lipinski definition) is 8. The van der Waals surface area contributed by atoms with Crippen molar-refractivity contribution in [1.82, 2.24) is 25.1 Å². The fourth-order valence-electron chi connectivity index (χ4n) is 4.51. The number of nitrogens with two attached hydrogens (primary N) is 1. The van der Waals surface area contributed by atoms with Crippen LogP contribution in [0.1, 0.15) is 45.1 Å². The number of esters is 1. The fourth-order valence-corrected chi connectivity index (χ4v) is 4.51. The van der Waals surface area contributed by atoms with Gasteiger partial charge in [0.2, 0.25) is 5.95 Å². The van der Waals surface area contributed by atoms with Gasteiger partial charge in [-0.3, -0.25) is 9.48 Å². The van der Waals surface area contributed by atoms with Gasteiger partial charge in [-0.2, -0.15) is 10.1 Å². The van der Waals surface area contributed by atoms with Crippen molar-refractivity contribution >= 4 is 17.7 Å². The molecule has 0 bridgehead atoms. The van der Waals surface area contributed by atoms with Crippen LogP contribution in [-0.2, 0) is 9.53 Å². The van der Waals surface area contributed by atoms with E-state index < -0.39 is 0 Å². The summed E-state index contributed by atoms with van der Waals surface area (Å²) in [6, 6.07) is 2.64. The van der Waals surface area contributed by atoms with E-state index >= 15 is 0 Å². The third-order valence-corrected chi connectivity index (χ3v) is 6.19. The van der Waals surface area contributed by atoms with Crippen LogP contribution in [0.15, 0.2) is 18.5 Å². The van der Waals surface area contributed by atoms with Crippen molar-refractivity contribution in [1.29, 1.82) is 0 Å². The zero-order chi connectivity index (χ0) is 21.1. The van der Waals surface area contributed by atoms with Crippen LogP contribution < -0.4 is 16.0 Å². The molecule has 0 spiro atoms. The van der Waals surface area contributed by atoms with E-state index in [0.717, 1.165) is 62.3 Å². The molecular weight excluding hydrogens is 382 g/mol. The summed E-state index contributed by atoms with van der Waals surface area (Å²) in [6.45, 7) is 4.12. The first kappa shape index (κ1) is 20.6. The van der Waals surface area contributed by atoms with Gasteiger partial charge in [0, 0.05) is 37.0 Å². The summed E-state index contributed by atoms with van der Waals surface area (Å²) in [5, 5.41) is 7.90. The topological polar surface area (TPSA) is 111 Å². The van der Waals surface area contributed by atoms with E-state index in [4.69, 9.17) is 10.5 Å². The van der Waals surface area contributed by atoms with Gasteiger partial charge in [0.25, 0.3) is 0 Å². The molecular formula is C21H31N7O2. The summed E-state index contributed by atoms with van der Waals surface area (Å²) in [7, 11) is 1.99. The maximum absolute atomic E-state index is 12.2. The number of nitrogens with one attached hydrogen (secondary N) is 1. The summed E-state index contributed by atoms with van der Waals surface area (Å²) in [6.07, 6.45) is 8.55. The van der Waals surface area contributed by atoms with E-state index in [0.29, 0.717) is 12.6 Å². The van der Waals surface area contributed by atoms with Crippen molar-refractivity contribution < 1.29 is 9.53 Å². The minimum Gasteiger partial charge on any atom is -0.466 e. The highest BCUT2D eigenvalue weighted by molar-refractivity contribution is 5.72. The van der Waals surface area contributed by atoms with Crippen molar-refractivity contribution in [3.8, 4) is 11.3 Å². The summed E-state index contributed by atoms with van der Waals surface area (Å²) < 4.78 is 7.19. The van der Waals surface area contributed by atoms with Crippen LogP contribution in [0.4, 0.5) is 11.8 Å². The Bertz CT molecular complexity index is 884. The molecule has 2 unspecified atom stereocenters. The normalized spacial score (nSPS) is 24.2. The highest BCUT2D eigenvalue weighted by Crippen LogP contribution is 2.34. The third kappa shape index (κ3) is 4.40. The SMILES string of the molecule is CCOC(=O)C1CCCC(n2cc(-c3cc(N4CC[C@@H](NC)C4)nc(N)n3)cn2)C1. The molecule has 0 aromatic carbocycles. The van der Waals surface area contributed by atoms with Crippen LogP contribution in [0.5, 0.6) is 0 Å². The van der Waals surface area contributed by atoms with E-state index in [1.807, 2.05) is 37.1 Å². The Morgan fingerprint density at radius 3 is 2.97 bits per heavy atom. The van der Waals surface area contributed by atoms with E-state index in [1.54, 1.807) is 0 Å². The number of aromatic nitrogens is 4. The van der Waals surface area contributed by atoms with E-state index in [2.05, 4.69) is 25.3 Å². The number of nitrogen functional groups attached to an aromatic ring is 1. The molecule has 4 rings (SSSR count). The van der Waals surface area contributed by atoms with Crippen molar-refractivity contribution in [2.75, 3.05) is 37.4 Å². The predicted molar refractivity (Wildman–Crippen MR) is 115 cm³/mol. The summed E-state index contributed by atoms with van der Waals surface area (Å²) in [5.74, 6) is 0.979. The number of nitrogens with zero attached hydrogens (tertiary/aromatic N) is 5. The summed E-state index contributed by atoms with van der Waals surface area (Å²) in [5.41, 5.74) is 7.70. The number of likely N-dealkylation sites (N-methyl/N-ethyl adjacent to an activating group) is 1. The van der Waals surface area contributed by atoms with Crippen LogP contribution in [0, 0.1) is 5.92 Å². The first-order chi connectivity index (χ1) is 14.6. The van der Waals surface area contributed by atoms with Gasteiger partial charge in [0.1, 0.15) is 5.82 Å². The Morgan fingerprint density at radius 1 is 1.33 bits per heavy atom. The molecule has 0 radical (unpaired) electrons. The number of carbonyl (C=O) groups excluding carboxylic acids is 1. The average Bonchev–Trinajstić information content (AvgIpc) is 3.43. The van der Waals surface area contributed by atoms with Gasteiger partial charge in [-0.1, -0.05) is 6.42 Å². The second-order valence-corrected chi connectivity index (χ2v) is 8.17. The second kappa shape index (κ2) is 8.99. The quantitative estimate of drug-likeness (QED) is 0.692. The van der Waals surface area contributed by atoms with Crippen LogP contribution in [-0.4, -0.2) is 58.5 Å². The largest absolute Gasteiger partial charge is 0.466 e. The molecule has 2 aliphatic rings. The number of ether oxygens (including phenoxy) is 1. The van der Waals surface area contributed by atoms with Crippen LogP contribution in [0.3, 0.4) is 0 Å². The molecule has 2 aromatic heterocycles. The Morgan fingerprint density at radius 2 is 2.20 bits per heavy atom. The highest BCUT2D eigenvalue weighted by Gasteiger charge is 2.30. The molecule has 0 amide bonds. The van der Waals surface area contributed by atoms with Gasteiger partial charge in [-0.15, -0.1) is 0 Å². The van der Waals surface area contributed by atoms with Crippen LogP contribution >= 0.6 is 0 Å². The van der Waals surface area contributed by atoms with E-state index in [9.17, 15) is 4.79 Å². The van der Waals surface area contributed by atoms with Crippen LogP contribution in [0.25, 0.3) is 11.3 Å². The Kier molecular flexibility index (Phi) is 6.17. The Hall–Kier alpha value is -2.68. The van der Waals surface area contributed by atoms with E-state index in [-0.39, 0.29) is 23.9 Å². The number of anilines is 2. The molecule has 1 aliphatic heterocycles. The summed E-state index contributed by atoms with van der Waals surface area (Å²) >= 11 is 0. The highest BCUT2D eigenvalue weighted by atomic mass is 16.5. The molecule has 3 heterocycles. The zero-order valence-electron chi connectivity index (χ0n) is 17.8. The molecule has 9 nitrogen and oxygen atoms in total. The molecule has 3 atom stereocenters. The summed E-state index contributed by atoms with van der Waals surface area (Å²) in [4.78, 5) is 23.3. The van der Waals surface area contributed by atoms with Gasteiger partial charge in [-0.25, -0.2) is 4.98 Å². The second-order valence-electron chi connectivity index (χ2n) is 8.17. The monoisotopic (exact) mass is 413 g/mol. The maximum atomic E-state index is 12.2. The van der Waals surface area contributed by atoms with Crippen molar-refractivity contribution in [3.05, 3.63) is 18.5 Å². The lowest BCUT2D eigenvalue weighted by Crippen LogP contribution is -2.30. The molecule has 2 aromatic rings. The van der Waals surface area contributed by atoms with Crippen molar-refractivity contribution in [2.45, 2.75) is 51.1 Å². The lowest BCUT2D eigenvalue weighted by molar-refractivity contribution is -0.149. The molecule has 30 heavy (non-hydrogen) atoms. The van der Waals surface area contributed by atoms with Gasteiger partial charge < -0.3 is 20.7 Å². The molecule has 1 saturated carbocycles. The average molecular weight is 414 g/mol. The maximum Gasteiger partial charge on any atom is 0.308 e. The van der Waals surface area contributed by atoms with E-state index in [1.165, 1.54) is 0 Å². The number of carbonyl (C=O) groups is 1. The molecule has 3 N–H and O–H groups in total. The van der Waals surface area contributed by atoms with Gasteiger partial charge in [0.05, 0.1) is 30.5 Å². The van der Waals surface area contributed by atoms with Crippen molar-refractivity contribution in [3.63, 3.8) is 0 Å². The molecule has 2 fully saturated rings. The number of rotatable bonds is 6. The minimum atomic E-state index is -0.0896. The lowest BCUT2D eigenvalue weighted by atomic mass is 9.86. The molecule has 1 aliphatic carbocycles. The van der Waals surface area contributed by atoms with Gasteiger partial charge >= 0.3 is 5.97 Å². The van der Waals surface area contributed by atoms with Gasteiger partial charge in [0.15, 0.2) is 0 Å². The minimum absolute atomic E-state index is 0.0482.